The zero-order chi connectivity index (χ0) is 18.9. The molecule has 0 saturated heterocycles. The van der Waals surface area contributed by atoms with Crippen molar-refractivity contribution < 1.29 is 28.3 Å². The molecule has 1 atom stereocenters. The Bertz CT molecular complexity index is 754. The van der Waals surface area contributed by atoms with E-state index in [0.29, 0.717) is 4.90 Å². The molecule has 0 radical (unpaired) electrons. The number of imide groups is 1. The highest BCUT2D eigenvalue weighted by atomic mass is 19.1. The summed E-state index contributed by atoms with van der Waals surface area (Å²) in [4.78, 5) is 49.0. The van der Waals surface area contributed by atoms with Crippen LogP contribution in [0.15, 0.2) is 18.2 Å². The van der Waals surface area contributed by atoms with Crippen LogP contribution in [0.2, 0.25) is 0 Å². The minimum Gasteiger partial charge on any atom is -0.460 e. The van der Waals surface area contributed by atoms with Gasteiger partial charge in [0.05, 0.1) is 11.1 Å². The standard InChI is InChI=1S/C17H19FN2O5/c1-17(2,3)25-13(21)7-6-12(14(19)22)20-15(23)10-5-4-9(18)8-11(10)16(20)24/h4-5,8,12H,6-7H2,1-3H3,(H2,19,22)/t12-/m0/s1. The van der Waals surface area contributed by atoms with Gasteiger partial charge < -0.3 is 10.5 Å². The molecule has 134 valence electrons. The van der Waals surface area contributed by atoms with E-state index in [-0.39, 0.29) is 24.0 Å². The molecule has 0 saturated carbocycles. The van der Waals surface area contributed by atoms with Gasteiger partial charge in [-0.05, 0) is 45.4 Å². The van der Waals surface area contributed by atoms with E-state index in [2.05, 4.69) is 0 Å². The number of esters is 1. The molecule has 2 N–H and O–H groups in total. The molecule has 1 aliphatic rings. The Hall–Kier alpha value is -2.77. The molecule has 2 rings (SSSR count). The van der Waals surface area contributed by atoms with Gasteiger partial charge in [-0.3, -0.25) is 24.1 Å². The zero-order valence-electron chi connectivity index (χ0n) is 14.2. The Morgan fingerprint density at radius 2 is 1.80 bits per heavy atom. The molecule has 3 amide bonds. The van der Waals surface area contributed by atoms with Crippen molar-refractivity contribution >= 4 is 23.7 Å². The summed E-state index contributed by atoms with van der Waals surface area (Å²) in [7, 11) is 0. The Morgan fingerprint density at radius 1 is 1.20 bits per heavy atom. The van der Waals surface area contributed by atoms with Crippen LogP contribution in [0.1, 0.15) is 54.3 Å². The van der Waals surface area contributed by atoms with Gasteiger partial charge >= 0.3 is 5.97 Å². The van der Waals surface area contributed by atoms with E-state index in [1.807, 2.05) is 0 Å². The van der Waals surface area contributed by atoms with Crippen molar-refractivity contribution in [1.82, 2.24) is 4.90 Å². The van der Waals surface area contributed by atoms with Crippen LogP contribution in [0.3, 0.4) is 0 Å². The van der Waals surface area contributed by atoms with E-state index < -0.39 is 41.2 Å². The molecule has 0 fully saturated rings. The number of hydrogen-bond donors (Lipinski definition) is 1. The smallest absolute Gasteiger partial charge is 0.306 e. The fourth-order valence-electron chi connectivity index (χ4n) is 2.56. The minimum absolute atomic E-state index is 0.00471. The lowest BCUT2D eigenvalue weighted by atomic mass is 10.1. The molecule has 1 aromatic rings. The third-order valence-electron chi connectivity index (χ3n) is 3.56. The van der Waals surface area contributed by atoms with Gasteiger partial charge in [0.15, 0.2) is 0 Å². The summed E-state index contributed by atoms with van der Waals surface area (Å²) in [6.07, 6.45) is -0.370. The van der Waals surface area contributed by atoms with E-state index >= 15 is 0 Å². The van der Waals surface area contributed by atoms with Gasteiger partial charge in [0.2, 0.25) is 5.91 Å². The summed E-state index contributed by atoms with van der Waals surface area (Å²) in [5.74, 6) is -3.74. The third kappa shape index (κ3) is 4.01. The van der Waals surface area contributed by atoms with Crippen LogP contribution in [0.4, 0.5) is 4.39 Å². The monoisotopic (exact) mass is 350 g/mol. The van der Waals surface area contributed by atoms with Crippen molar-refractivity contribution in [2.75, 3.05) is 0 Å². The molecule has 0 spiro atoms. The van der Waals surface area contributed by atoms with Gasteiger partial charge in [0.25, 0.3) is 11.8 Å². The van der Waals surface area contributed by atoms with E-state index in [1.54, 1.807) is 20.8 Å². The van der Waals surface area contributed by atoms with Crippen LogP contribution >= 0.6 is 0 Å². The molecule has 0 unspecified atom stereocenters. The molecule has 25 heavy (non-hydrogen) atoms. The highest BCUT2D eigenvalue weighted by Gasteiger charge is 2.42. The van der Waals surface area contributed by atoms with Crippen molar-refractivity contribution in [3.8, 4) is 0 Å². The number of primary amides is 1. The molecule has 0 aromatic heterocycles. The second-order valence-corrected chi connectivity index (χ2v) is 6.71. The summed E-state index contributed by atoms with van der Waals surface area (Å²) in [5, 5.41) is 0. The number of ether oxygens (including phenoxy) is 1. The highest BCUT2D eigenvalue weighted by molar-refractivity contribution is 6.22. The van der Waals surface area contributed by atoms with Crippen molar-refractivity contribution in [3.05, 3.63) is 35.1 Å². The molecule has 1 heterocycles. The number of halogens is 1. The van der Waals surface area contributed by atoms with Crippen LogP contribution in [0.5, 0.6) is 0 Å². The quantitative estimate of drug-likeness (QED) is 0.638. The number of hydrogen-bond acceptors (Lipinski definition) is 5. The molecule has 1 aromatic carbocycles. The molecule has 0 aliphatic carbocycles. The SMILES string of the molecule is CC(C)(C)OC(=O)CC[C@@H](C(N)=O)N1C(=O)c2ccc(F)cc2C1=O. The van der Waals surface area contributed by atoms with E-state index in [4.69, 9.17) is 10.5 Å². The zero-order valence-corrected chi connectivity index (χ0v) is 14.2. The second-order valence-electron chi connectivity index (χ2n) is 6.71. The summed E-state index contributed by atoms with van der Waals surface area (Å²) in [5.41, 5.74) is 4.47. The molecule has 8 heteroatoms. The van der Waals surface area contributed by atoms with Gasteiger partial charge in [-0.1, -0.05) is 0 Å². The van der Waals surface area contributed by atoms with Gasteiger partial charge in [-0.25, -0.2) is 4.39 Å². The third-order valence-corrected chi connectivity index (χ3v) is 3.56. The number of nitrogens with two attached hydrogens (primary N) is 1. The molecular formula is C17H19FN2O5. The van der Waals surface area contributed by atoms with Crippen LogP contribution in [-0.2, 0) is 14.3 Å². The summed E-state index contributed by atoms with van der Waals surface area (Å²) >= 11 is 0. The number of rotatable bonds is 5. The first-order chi connectivity index (χ1) is 11.5. The van der Waals surface area contributed by atoms with Crippen LogP contribution in [0, 0.1) is 5.82 Å². The van der Waals surface area contributed by atoms with Crippen LogP contribution < -0.4 is 5.73 Å². The number of carbonyl (C=O) groups is 4. The normalized spacial score (nSPS) is 15.1. The van der Waals surface area contributed by atoms with Gasteiger partial charge in [0, 0.05) is 6.42 Å². The predicted octanol–water partition coefficient (Wildman–Crippen LogP) is 1.40. The van der Waals surface area contributed by atoms with Crippen LogP contribution in [0.25, 0.3) is 0 Å². The van der Waals surface area contributed by atoms with Crippen molar-refractivity contribution in [2.24, 2.45) is 5.73 Å². The molecule has 0 bridgehead atoms. The fourth-order valence-corrected chi connectivity index (χ4v) is 2.56. The average Bonchev–Trinajstić information content (AvgIpc) is 2.70. The minimum atomic E-state index is -1.32. The fraction of sp³-hybridized carbons (Fsp3) is 0.412. The van der Waals surface area contributed by atoms with E-state index in [0.717, 1.165) is 12.1 Å². The maximum absolute atomic E-state index is 13.3. The molecule has 1 aliphatic heterocycles. The maximum Gasteiger partial charge on any atom is 0.306 e. The summed E-state index contributed by atoms with van der Waals surface area (Å²) < 4.78 is 18.5. The summed E-state index contributed by atoms with van der Waals surface area (Å²) in [6.45, 7) is 5.07. The number of benzene rings is 1. The largest absolute Gasteiger partial charge is 0.460 e. The first kappa shape index (κ1) is 18.6. The van der Waals surface area contributed by atoms with E-state index in [1.165, 1.54) is 6.07 Å². The maximum atomic E-state index is 13.3. The van der Waals surface area contributed by atoms with Crippen molar-refractivity contribution in [3.63, 3.8) is 0 Å². The number of carbonyl (C=O) groups excluding carboxylic acids is 4. The molecule has 7 nitrogen and oxygen atoms in total. The van der Waals surface area contributed by atoms with Gasteiger partial charge in [0.1, 0.15) is 17.5 Å². The lowest BCUT2D eigenvalue weighted by Gasteiger charge is -2.24. The lowest BCUT2D eigenvalue weighted by molar-refractivity contribution is -0.155. The number of amides is 3. The van der Waals surface area contributed by atoms with E-state index in [9.17, 15) is 23.6 Å². The topological polar surface area (TPSA) is 107 Å². The lowest BCUT2D eigenvalue weighted by Crippen LogP contribution is -2.48. The van der Waals surface area contributed by atoms with Crippen LogP contribution in [-0.4, -0.2) is 40.2 Å². The Kier molecular flexibility index (Phi) is 4.92. The molecular weight excluding hydrogens is 331 g/mol. The Morgan fingerprint density at radius 3 is 2.36 bits per heavy atom. The first-order valence-electron chi connectivity index (χ1n) is 7.70. The number of nitrogens with zero attached hydrogens (tertiary/aromatic N) is 1. The first-order valence-corrected chi connectivity index (χ1v) is 7.70. The number of fused-ring (bicyclic) bond motifs is 1. The Balaban J connectivity index is 2.19. The average molecular weight is 350 g/mol. The second kappa shape index (κ2) is 6.62. The Labute approximate surface area is 143 Å². The highest BCUT2D eigenvalue weighted by Crippen LogP contribution is 2.27. The predicted molar refractivity (Wildman–Crippen MR) is 85.0 cm³/mol. The van der Waals surface area contributed by atoms with Crippen molar-refractivity contribution in [1.29, 1.82) is 0 Å². The van der Waals surface area contributed by atoms with Gasteiger partial charge in [-0.2, -0.15) is 0 Å². The summed E-state index contributed by atoms with van der Waals surface area (Å²) in [6, 6.07) is 1.84. The van der Waals surface area contributed by atoms with Gasteiger partial charge in [-0.15, -0.1) is 0 Å². The van der Waals surface area contributed by atoms with Crippen molar-refractivity contribution in [2.45, 2.75) is 45.3 Å².